The van der Waals surface area contributed by atoms with Crippen LogP contribution in [0, 0.1) is 5.82 Å². The van der Waals surface area contributed by atoms with Crippen LogP contribution in [0.3, 0.4) is 0 Å². The van der Waals surface area contributed by atoms with Gasteiger partial charge in [0, 0.05) is 5.39 Å². The van der Waals surface area contributed by atoms with Crippen LogP contribution in [0.4, 0.5) is 9.18 Å². The van der Waals surface area contributed by atoms with Crippen molar-refractivity contribution in [2.45, 2.75) is 26.4 Å². The van der Waals surface area contributed by atoms with Crippen molar-refractivity contribution in [3.8, 4) is 11.3 Å². The number of aromatic nitrogens is 1. The van der Waals surface area contributed by atoms with Crippen molar-refractivity contribution in [2.75, 3.05) is 0 Å². The highest BCUT2D eigenvalue weighted by atomic mass is 19.1. The van der Waals surface area contributed by atoms with E-state index in [9.17, 15) is 9.18 Å². The average Bonchev–Trinajstić information content (AvgIpc) is 2.85. The van der Waals surface area contributed by atoms with E-state index >= 15 is 0 Å². The van der Waals surface area contributed by atoms with Crippen LogP contribution in [0.2, 0.25) is 0 Å². The fraction of sp³-hybridized carbons (Fsp3) is 0.211. The molecule has 0 fully saturated rings. The summed E-state index contributed by atoms with van der Waals surface area (Å²) in [7, 11) is 0. The summed E-state index contributed by atoms with van der Waals surface area (Å²) in [5, 5.41) is 0.662. The lowest BCUT2D eigenvalue weighted by atomic mass is 10.1. The van der Waals surface area contributed by atoms with Crippen molar-refractivity contribution < 1.29 is 13.9 Å². The monoisotopic (exact) mass is 311 g/mol. The molecule has 2 aromatic carbocycles. The average molecular weight is 311 g/mol. The Hall–Kier alpha value is -2.62. The van der Waals surface area contributed by atoms with E-state index in [2.05, 4.69) is 0 Å². The third kappa shape index (κ3) is 3.11. The zero-order valence-electron chi connectivity index (χ0n) is 13.3. The molecule has 1 aromatic heterocycles. The van der Waals surface area contributed by atoms with Gasteiger partial charge in [-0.1, -0.05) is 30.3 Å². The number of carbonyl (C=O) groups is 1. The molecule has 0 amide bonds. The first-order chi connectivity index (χ1) is 10.8. The summed E-state index contributed by atoms with van der Waals surface area (Å²) in [6.45, 7) is 5.45. The first-order valence-electron chi connectivity index (χ1n) is 7.45. The fourth-order valence-corrected chi connectivity index (χ4v) is 2.51. The third-order valence-electron chi connectivity index (χ3n) is 3.41. The molecule has 0 atom stereocenters. The summed E-state index contributed by atoms with van der Waals surface area (Å²) in [4.78, 5) is 12.7. The molecule has 3 nitrogen and oxygen atoms in total. The second-order valence-electron chi connectivity index (χ2n) is 6.41. The molecular formula is C19H18FNO2. The maximum Gasteiger partial charge on any atom is 0.419 e. The van der Waals surface area contributed by atoms with Crippen LogP contribution in [0.1, 0.15) is 20.8 Å². The van der Waals surface area contributed by atoms with Gasteiger partial charge in [-0.05, 0) is 50.6 Å². The molecule has 3 aromatic rings. The van der Waals surface area contributed by atoms with Crippen LogP contribution in [0.15, 0.2) is 54.6 Å². The van der Waals surface area contributed by atoms with E-state index in [4.69, 9.17) is 4.74 Å². The molecule has 0 unspecified atom stereocenters. The van der Waals surface area contributed by atoms with Gasteiger partial charge in [0.1, 0.15) is 11.4 Å². The van der Waals surface area contributed by atoms with Gasteiger partial charge in [0.05, 0.1) is 11.2 Å². The van der Waals surface area contributed by atoms with E-state index in [1.807, 2.05) is 51.1 Å². The lowest BCUT2D eigenvalue weighted by Crippen LogP contribution is -2.27. The third-order valence-corrected chi connectivity index (χ3v) is 3.41. The van der Waals surface area contributed by atoms with Crippen molar-refractivity contribution in [1.29, 1.82) is 0 Å². The topological polar surface area (TPSA) is 31.2 Å². The number of fused-ring (bicyclic) bond motifs is 1. The van der Waals surface area contributed by atoms with Crippen LogP contribution in [-0.4, -0.2) is 16.3 Å². The largest absolute Gasteiger partial charge is 0.443 e. The smallest absolute Gasteiger partial charge is 0.419 e. The molecule has 0 saturated heterocycles. The van der Waals surface area contributed by atoms with Crippen LogP contribution in [0.25, 0.3) is 22.2 Å². The Morgan fingerprint density at radius 3 is 2.39 bits per heavy atom. The van der Waals surface area contributed by atoms with Gasteiger partial charge in [0.25, 0.3) is 0 Å². The van der Waals surface area contributed by atoms with Crippen molar-refractivity contribution in [2.24, 2.45) is 0 Å². The van der Waals surface area contributed by atoms with Crippen LogP contribution in [0.5, 0.6) is 0 Å². The molecule has 0 spiro atoms. The zero-order chi connectivity index (χ0) is 16.6. The van der Waals surface area contributed by atoms with Crippen molar-refractivity contribution >= 4 is 17.0 Å². The lowest BCUT2D eigenvalue weighted by molar-refractivity contribution is 0.0547. The first kappa shape index (κ1) is 15.3. The second-order valence-corrected chi connectivity index (χ2v) is 6.41. The number of hydrogen-bond donors (Lipinski definition) is 0. The zero-order valence-corrected chi connectivity index (χ0v) is 13.3. The van der Waals surface area contributed by atoms with Gasteiger partial charge < -0.3 is 4.74 Å². The molecule has 1 heterocycles. The molecular weight excluding hydrogens is 293 g/mol. The van der Waals surface area contributed by atoms with Crippen LogP contribution in [-0.2, 0) is 4.74 Å². The number of rotatable bonds is 1. The van der Waals surface area contributed by atoms with E-state index < -0.39 is 11.7 Å². The number of halogens is 1. The lowest BCUT2D eigenvalue weighted by Gasteiger charge is -2.21. The number of carbonyl (C=O) groups excluding carboxylic acids is 1. The van der Waals surface area contributed by atoms with Crippen molar-refractivity contribution in [3.05, 3.63) is 60.4 Å². The quantitative estimate of drug-likeness (QED) is 0.616. The summed E-state index contributed by atoms with van der Waals surface area (Å²) in [6, 6.07) is 15.7. The molecule has 4 heteroatoms. The Kier molecular flexibility index (Phi) is 3.68. The Balaban J connectivity index is 2.22. The summed E-state index contributed by atoms with van der Waals surface area (Å²) in [5.74, 6) is -0.335. The maximum absolute atomic E-state index is 13.5. The fourth-order valence-electron chi connectivity index (χ4n) is 2.51. The van der Waals surface area contributed by atoms with E-state index in [1.54, 1.807) is 12.1 Å². The first-order valence-corrected chi connectivity index (χ1v) is 7.45. The van der Waals surface area contributed by atoms with Crippen LogP contribution >= 0.6 is 0 Å². The summed E-state index contributed by atoms with van der Waals surface area (Å²) >= 11 is 0. The van der Waals surface area contributed by atoms with E-state index in [1.165, 1.54) is 16.7 Å². The predicted octanol–water partition coefficient (Wildman–Crippen LogP) is 5.23. The van der Waals surface area contributed by atoms with Gasteiger partial charge in [-0.25, -0.2) is 13.8 Å². The molecule has 0 bridgehead atoms. The Bertz CT molecular complexity index is 860. The summed E-state index contributed by atoms with van der Waals surface area (Å²) in [6.07, 6.45) is -0.474. The predicted molar refractivity (Wildman–Crippen MR) is 89.0 cm³/mol. The summed E-state index contributed by atoms with van der Waals surface area (Å²) in [5.41, 5.74) is 1.57. The molecule has 23 heavy (non-hydrogen) atoms. The van der Waals surface area contributed by atoms with E-state index in [-0.39, 0.29) is 5.82 Å². The van der Waals surface area contributed by atoms with Gasteiger partial charge in [0.15, 0.2) is 0 Å². The molecule has 0 aliphatic carbocycles. The molecule has 0 radical (unpaired) electrons. The summed E-state index contributed by atoms with van der Waals surface area (Å²) < 4.78 is 20.5. The SMILES string of the molecule is CC(C)(C)OC(=O)n1c(-c2ccccc2)cc2cc(F)ccc21. The number of nitrogens with zero attached hydrogens (tertiary/aromatic N) is 1. The van der Waals surface area contributed by atoms with Gasteiger partial charge in [-0.2, -0.15) is 0 Å². The standard InChI is InChI=1S/C19H18FNO2/c1-19(2,3)23-18(22)21-16-10-9-15(20)11-14(16)12-17(21)13-7-5-4-6-8-13/h4-12H,1-3H3. The minimum Gasteiger partial charge on any atom is -0.443 e. The molecule has 0 saturated carbocycles. The van der Waals surface area contributed by atoms with Crippen molar-refractivity contribution in [1.82, 2.24) is 4.57 Å². The maximum atomic E-state index is 13.5. The van der Waals surface area contributed by atoms with Gasteiger partial charge in [-0.15, -0.1) is 0 Å². The van der Waals surface area contributed by atoms with Crippen LogP contribution < -0.4 is 0 Å². The number of hydrogen-bond acceptors (Lipinski definition) is 2. The molecule has 0 aliphatic rings. The van der Waals surface area contributed by atoms with Gasteiger partial charge >= 0.3 is 6.09 Å². The molecule has 118 valence electrons. The van der Waals surface area contributed by atoms with Crippen molar-refractivity contribution in [3.63, 3.8) is 0 Å². The minimum atomic E-state index is -0.609. The highest BCUT2D eigenvalue weighted by Crippen LogP contribution is 2.29. The molecule has 0 N–H and O–H groups in total. The number of benzene rings is 2. The highest BCUT2D eigenvalue weighted by molar-refractivity contribution is 5.96. The van der Waals surface area contributed by atoms with Gasteiger partial charge in [0.2, 0.25) is 0 Å². The Morgan fingerprint density at radius 2 is 1.74 bits per heavy atom. The van der Waals surface area contributed by atoms with E-state index in [0.717, 1.165) is 5.56 Å². The second kappa shape index (κ2) is 5.54. The Morgan fingerprint density at radius 1 is 1.04 bits per heavy atom. The molecule has 3 rings (SSSR count). The molecule has 0 aliphatic heterocycles. The number of ether oxygens (including phenoxy) is 1. The Labute approximate surface area is 134 Å². The van der Waals surface area contributed by atoms with Gasteiger partial charge in [-0.3, -0.25) is 0 Å². The highest BCUT2D eigenvalue weighted by Gasteiger charge is 2.22. The minimum absolute atomic E-state index is 0.335. The van der Waals surface area contributed by atoms with E-state index in [0.29, 0.717) is 16.6 Å². The normalized spacial score (nSPS) is 11.7.